The predicted molar refractivity (Wildman–Crippen MR) is 190 cm³/mol. The summed E-state index contributed by atoms with van der Waals surface area (Å²) >= 11 is 10.3. The molecule has 0 atom stereocenters. The lowest BCUT2D eigenvalue weighted by Crippen LogP contribution is -2.15. The number of nitro benzene ring substituents is 1. The van der Waals surface area contributed by atoms with Crippen molar-refractivity contribution in [3.05, 3.63) is 106 Å². The number of rotatable bonds is 12. The van der Waals surface area contributed by atoms with Crippen molar-refractivity contribution in [1.82, 2.24) is 19.7 Å². The van der Waals surface area contributed by atoms with Crippen molar-refractivity contribution in [3.63, 3.8) is 0 Å². The van der Waals surface area contributed by atoms with Crippen molar-refractivity contribution >= 4 is 85.6 Å². The molecule has 0 saturated carbocycles. The topological polar surface area (TPSA) is 154 Å². The number of para-hydroxylation sites is 1. The number of nitrogens with zero attached hydrogens (tertiary/aromatic N) is 5. The van der Waals surface area contributed by atoms with Crippen LogP contribution in [0.3, 0.4) is 0 Å². The normalized spacial score (nSPS) is 11.0. The van der Waals surface area contributed by atoms with Gasteiger partial charge < -0.3 is 15.4 Å². The van der Waals surface area contributed by atoms with E-state index in [9.17, 15) is 19.7 Å². The number of thiazole rings is 1. The van der Waals surface area contributed by atoms with Crippen molar-refractivity contribution in [2.24, 2.45) is 0 Å². The minimum absolute atomic E-state index is 0.00435. The number of nitro groups is 1. The van der Waals surface area contributed by atoms with E-state index in [2.05, 4.69) is 25.8 Å². The fourth-order valence-electron chi connectivity index (χ4n) is 4.57. The van der Waals surface area contributed by atoms with Gasteiger partial charge in [-0.15, -0.1) is 21.5 Å². The molecule has 4 aromatic carbocycles. The van der Waals surface area contributed by atoms with Crippen molar-refractivity contribution < 1.29 is 19.2 Å². The lowest BCUT2D eigenvalue weighted by molar-refractivity contribution is -0.384. The van der Waals surface area contributed by atoms with Crippen LogP contribution in [0.5, 0.6) is 5.75 Å². The Labute approximate surface area is 291 Å². The Morgan fingerprint density at radius 1 is 0.938 bits per heavy atom. The first-order chi connectivity index (χ1) is 23.3. The zero-order valence-corrected chi connectivity index (χ0v) is 28.2. The quantitative estimate of drug-likeness (QED) is 0.0736. The summed E-state index contributed by atoms with van der Waals surface area (Å²) < 4.78 is 8.37. The van der Waals surface area contributed by atoms with Crippen LogP contribution < -0.4 is 15.4 Å². The molecule has 2 aromatic heterocycles. The standard InChI is InChI=1S/C32H24ClN7O5S3/c1-45-21-12-14-24(26(16-21)40(43)44)35-29(42)18-47-32-36-25-13-11-19(15-27(25)48-32)34-28(41)17-46-31-38-37-30(22-9-5-6-10-23(22)33)39(31)20-7-3-2-4-8-20/h2-16H,17-18H2,1H3,(H,34,41)(H,35,42). The lowest BCUT2D eigenvalue weighted by atomic mass is 10.2. The molecule has 6 rings (SSSR count). The van der Waals surface area contributed by atoms with Gasteiger partial charge in [0.15, 0.2) is 15.3 Å². The lowest BCUT2D eigenvalue weighted by Gasteiger charge is -2.11. The van der Waals surface area contributed by atoms with Gasteiger partial charge in [0.25, 0.3) is 5.69 Å². The second kappa shape index (κ2) is 14.9. The maximum Gasteiger partial charge on any atom is 0.296 e. The Hall–Kier alpha value is -4.96. The number of hydrogen-bond donors (Lipinski definition) is 2. The average Bonchev–Trinajstić information content (AvgIpc) is 3.71. The molecule has 12 nitrogen and oxygen atoms in total. The number of aromatic nitrogens is 4. The van der Waals surface area contributed by atoms with Gasteiger partial charge in [-0.25, -0.2) is 4.98 Å². The summed E-state index contributed by atoms with van der Waals surface area (Å²) in [7, 11) is 1.41. The third kappa shape index (κ3) is 7.60. The van der Waals surface area contributed by atoms with Crippen LogP contribution in [0.2, 0.25) is 5.02 Å². The number of anilines is 2. The van der Waals surface area contributed by atoms with E-state index < -0.39 is 10.8 Å². The molecule has 0 saturated heterocycles. The van der Waals surface area contributed by atoms with Crippen LogP contribution in [0.1, 0.15) is 0 Å². The minimum Gasteiger partial charge on any atom is -0.496 e. The molecule has 16 heteroatoms. The number of carbonyl (C=O) groups excluding carboxylic acids is 2. The van der Waals surface area contributed by atoms with Gasteiger partial charge in [0, 0.05) is 16.9 Å². The van der Waals surface area contributed by atoms with Gasteiger partial charge in [0.1, 0.15) is 11.4 Å². The third-order valence-corrected chi connectivity index (χ3v) is 10.2. The summed E-state index contributed by atoms with van der Waals surface area (Å²) in [6.07, 6.45) is 0. The van der Waals surface area contributed by atoms with Crippen LogP contribution in [0, 0.1) is 10.1 Å². The summed E-state index contributed by atoms with van der Waals surface area (Å²) in [4.78, 5) is 41.0. The minimum atomic E-state index is -0.581. The van der Waals surface area contributed by atoms with E-state index in [-0.39, 0.29) is 28.8 Å². The number of fused-ring (bicyclic) bond motifs is 1. The van der Waals surface area contributed by atoms with E-state index in [4.69, 9.17) is 16.3 Å². The van der Waals surface area contributed by atoms with Gasteiger partial charge in [-0.3, -0.25) is 24.3 Å². The molecule has 48 heavy (non-hydrogen) atoms. The highest BCUT2D eigenvalue weighted by Gasteiger charge is 2.20. The first-order valence-corrected chi connectivity index (χ1v) is 17.3. The second-order valence-electron chi connectivity index (χ2n) is 9.93. The fraction of sp³-hybridized carbons (Fsp3) is 0.0938. The summed E-state index contributed by atoms with van der Waals surface area (Å²) in [6.45, 7) is 0. The summed E-state index contributed by atoms with van der Waals surface area (Å²) in [5, 5.41) is 26.8. The van der Waals surface area contributed by atoms with Crippen molar-refractivity contribution in [1.29, 1.82) is 0 Å². The van der Waals surface area contributed by atoms with Crippen LogP contribution in [0.4, 0.5) is 17.1 Å². The average molecular weight is 718 g/mol. The molecular weight excluding hydrogens is 694 g/mol. The molecular formula is C32H24ClN7O5S3. The Morgan fingerprint density at radius 3 is 2.46 bits per heavy atom. The number of nitrogens with one attached hydrogen (secondary N) is 2. The monoisotopic (exact) mass is 717 g/mol. The number of hydrogen-bond acceptors (Lipinski definition) is 11. The van der Waals surface area contributed by atoms with Gasteiger partial charge in [-0.2, -0.15) is 0 Å². The molecule has 6 aromatic rings. The number of halogens is 1. The van der Waals surface area contributed by atoms with Gasteiger partial charge in [-0.1, -0.05) is 65.5 Å². The van der Waals surface area contributed by atoms with Crippen molar-refractivity contribution in [2.45, 2.75) is 9.50 Å². The van der Waals surface area contributed by atoms with Gasteiger partial charge in [-0.05, 0) is 54.6 Å². The van der Waals surface area contributed by atoms with Crippen LogP contribution in [-0.2, 0) is 9.59 Å². The van der Waals surface area contributed by atoms with Gasteiger partial charge in [0.2, 0.25) is 11.8 Å². The van der Waals surface area contributed by atoms with E-state index >= 15 is 0 Å². The van der Waals surface area contributed by atoms with E-state index in [1.807, 2.05) is 59.2 Å². The smallest absolute Gasteiger partial charge is 0.296 e. The maximum absolute atomic E-state index is 13.0. The number of amides is 2. The molecule has 0 aliphatic rings. The Morgan fingerprint density at radius 2 is 1.69 bits per heavy atom. The zero-order chi connectivity index (χ0) is 33.6. The molecule has 2 amide bonds. The van der Waals surface area contributed by atoms with Gasteiger partial charge >= 0.3 is 0 Å². The Kier molecular flexibility index (Phi) is 10.2. The first kappa shape index (κ1) is 33.0. The summed E-state index contributed by atoms with van der Waals surface area (Å²) in [6, 6.07) is 26.6. The fourth-order valence-corrected chi connectivity index (χ4v) is 7.45. The molecule has 0 aliphatic heterocycles. The SMILES string of the molecule is COc1ccc(NC(=O)CSc2nc3ccc(NC(=O)CSc4nnc(-c5ccccc5Cl)n4-c4ccccc4)cc3s2)c([N+](=O)[O-])c1. The highest BCUT2D eigenvalue weighted by Crippen LogP contribution is 2.34. The largest absolute Gasteiger partial charge is 0.496 e. The molecule has 2 N–H and O–H groups in total. The van der Waals surface area contributed by atoms with Crippen molar-refractivity contribution in [2.75, 3.05) is 29.2 Å². The number of methoxy groups -OCH3 is 1. The van der Waals surface area contributed by atoms with E-state index in [0.29, 0.717) is 37.3 Å². The summed E-state index contributed by atoms with van der Waals surface area (Å²) in [5.41, 5.74) is 2.69. The third-order valence-electron chi connectivity index (χ3n) is 6.75. The number of thioether (sulfide) groups is 2. The second-order valence-corrected chi connectivity index (χ2v) is 13.5. The highest BCUT2D eigenvalue weighted by molar-refractivity contribution is 8.01. The first-order valence-electron chi connectivity index (χ1n) is 14.1. The van der Waals surface area contributed by atoms with Crippen LogP contribution in [0.15, 0.2) is 100 Å². The Bertz CT molecular complexity index is 2140. The van der Waals surface area contributed by atoms with E-state index in [1.54, 1.807) is 18.2 Å². The number of carbonyl (C=O) groups is 2. The van der Waals surface area contributed by atoms with E-state index in [0.717, 1.165) is 16.0 Å². The van der Waals surface area contributed by atoms with E-state index in [1.165, 1.54) is 60.2 Å². The number of benzene rings is 4. The van der Waals surface area contributed by atoms with Crippen molar-refractivity contribution in [3.8, 4) is 22.8 Å². The predicted octanol–water partition coefficient (Wildman–Crippen LogP) is 7.58. The van der Waals surface area contributed by atoms with Gasteiger partial charge in [0.05, 0.1) is 44.8 Å². The zero-order valence-electron chi connectivity index (χ0n) is 25.0. The molecule has 0 fully saturated rings. The molecule has 0 bridgehead atoms. The van der Waals surface area contributed by atoms with Crippen LogP contribution >= 0.6 is 46.5 Å². The molecule has 2 heterocycles. The summed E-state index contributed by atoms with van der Waals surface area (Å²) in [5.74, 6) is 0.309. The number of ether oxygens (including phenoxy) is 1. The molecule has 242 valence electrons. The van der Waals surface area contributed by atoms with Crippen LogP contribution in [0.25, 0.3) is 27.3 Å². The highest BCUT2D eigenvalue weighted by atomic mass is 35.5. The Balaban J connectivity index is 1.09. The van der Waals surface area contributed by atoms with Crippen LogP contribution in [-0.4, -0.2) is 55.1 Å². The molecule has 0 spiro atoms. The molecule has 0 unspecified atom stereocenters. The molecule has 0 radical (unpaired) electrons. The maximum atomic E-state index is 13.0. The molecule has 0 aliphatic carbocycles.